The Hall–Kier alpha value is -5.85. The molecule has 2 N–H and O–H groups in total. The maximum atomic E-state index is 13.5. The number of cyclic esters (lactones) is 1. The van der Waals surface area contributed by atoms with Crippen LogP contribution in [0.1, 0.15) is 94.5 Å². The number of fused-ring (bicyclic) bond motifs is 4. The van der Waals surface area contributed by atoms with E-state index in [0.717, 1.165) is 73.0 Å². The monoisotopic (exact) mass is 827 g/mol. The number of ether oxygens (including phenoxy) is 2. The number of rotatable bonds is 16. The van der Waals surface area contributed by atoms with E-state index in [0.29, 0.717) is 68.0 Å². The number of hydrogen-bond acceptors (Lipinski definition) is 9. The van der Waals surface area contributed by atoms with Crippen molar-refractivity contribution in [2.24, 2.45) is 0 Å². The number of aromatic nitrogens is 1. The number of amides is 3. The molecule has 4 aliphatic rings. The van der Waals surface area contributed by atoms with Crippen LogP contribution in [0.5, 0.6) is 5.75 Å². The fourth-order valence-electron chi connectivity index (χ4n) is 8.38. The van der Waals surface area contributed by atoms with Gasteiger partial charge in [-0.1, -0.05) is 74.6 Å². The van der Waals surface area contributed by atoms with E-state index < -0.39 is 17.7 Å². The van der Waals surface area contributed by atoms with E-state index in [1.165, 1.54) is 0 Å². The summed E-state index contributed by atoms with van der Waals surface area (Å²) < 4.78 is 11.0. The van der Waals surface area contributed by atoms with Gasteiger partial charge < -0.3 is 29.7 Å². The van der Waals surface area contributed by atoms with Crippen LogP contribution in [0.3, 0.4) is 0 Å². The number of unbranched alkanes of at least 4 members (excludes halogenated alkanes) is 1. The summed E-state index contributed by atoms with van der Waals surface area (Å²) in [7, 11) is 0. The van der Waals surface area contributed by atoms with Crippen molar-refractivity contribution in [1.29, 1.82) is 0 Å². The molecule has 7 rings (SSSR count). The first-order valence-corrected chi connectivity index (χ1v) is 21.7. The first-order valence-electron chi connectivity index (χ1n) is 21.7. The van der Waals surface area contributed by atoms with Gasteiger partial charge in [-0.25, -0.2) is 9.59 Å². The molecule has 1 saturated heterocycles. The Balaban J connectivity index is 0.818. The first-order chi connectivity index (χ1) is 29.7. The van der Waals surface area contributed by atoms with Gasteiger partial charge in [-0.3, -0.25) is 19.5 Å². The molecule has 0 radical (unpaired) electrons. The Morgan fingerprint density at radius 1 is 0.918 bits per heavy atom. The van der Waals surface area contributed by atoms with E-state index in [4.69, 9.17) is 14.5 Å². The molecule has 1 aromatic heterocycles. The van der Waals surface area contributed by atoms with E-state index in [9.17, 15) is 24.3 Å². The molecule has 12 nitrogen and oxygen atoms in total. The lowest BCUT2D eigenvalue weighted by Crippen LogP contribution is -2.51. The molecule has 4 aliphatic heterocycles. The van der Waals surface area contributed by atoms with Crippen molar-refractivity contribution < 1.29 is 33.8 Å². The summed E-state index contributed by atoms with van der Waals surface area (Å²) in [6.07, 6.45) is 23.5. The number of hydrogen-bond donors (Lipinski definition) is 2. The van der Waals surface area contributed by atoms with E-state index in [1.54, 1.807) is 34.9 Å². The summed E-state index contributed by atoms with van der Waals surface area (Å²) in [6, 6.07) is 14.9. The maximum absolute atomic E-state index is 13.5. The first kappa shape index (κ1) is 43.2. The molecule has 0 bridgehead atoms. The molecule has 0 saturated carbocycles. The van der Waals surface area contributed by atoms with Gasteiger partial charge in [0.05, 0.1) is 22.8 Å². The van der Waals surface area contributed by atoms with E-state index in [1.807, 2.05) is 30.3 Å². The number of carbonyl (C=O) groups excluding carboxylic acids is 4. The van der Waals surface area contributed by atoms with Gasteiger partial charge in [-0.15, -0.1) is 0 Å². The summed E-state index contributed by atoms with van der Waals surface area (Å²) in [4.78, 5) is 62.5. The molecule has 2 atom stereocenters. The molecule has 1 fully saturated rings. The predicted molar refractivity (Wildman–Crippen MR) is 235 cm³/mol. The van der Waals surface area contributed by atoms with Gasteiger partial charge in [0.25, 0.3) is 5.91 Å². The highest BCUT2D eigenvalue weighted by Crippen LogP contribution is 2.47. The van der Waals surface area contributed by atoms with Gasteiger partial charge in [0.2, 0.25) is 5.91 Å². The van der Waals surface area contributed by atoms with Crippen LogP contribution >= 0.6 is 0 Å². The summed E-state index contributed by atoms with van der Waals surface area (Å²) in [5.41, 5.74) is 3.21. The number of benzene rings is 2. The molecule has 61 heavy (non-hydrogen) atoms. The standard InChI is InChI=1S/C49H57N5O7/c1-3-5-6-7-8-9-10-11-12-13-14-15-16-17-18-44(55)50-38-21-19-35(20-22-38)32-52-25-27-53(28-26-52)48(58)61-39-23-24-42-36(30-39)29-37-33-54-43(45(37)51-42)31-41-40(46(54)56)34-60-47(57)49(41,59)4-2/h5-6,8-9,11-12,14-15,19-24,29-30,43,59H,3-4,7,10,13,16-18,25-28,31-34H2,1-2H3,(H,50,55)/b6-5+,9-8+,12-11+,15-14+/t43?,49-/m0/s1. The summed E-state index contributed by atoms with van der Waals surface area (Å²) in [6.45, 7) is 7.25. The van der Waals surface area contributed by atoms with Gasteiger partial charge in [-0.05, 0) is 104 Å². The largest absolute Gasteiger partial charge is 0.458 e. The molecule has 3 aromatic rings. The molecule has 0 spiro atoms. The van der Waals surface area contributed by atoms with Gasteiger partial charge in [-0.2, -0.15) is 0 Å². The zero-order chi connectivity index (χ0) is 42.8. The molecular formula is C49H57N5O7. The lowest BCUT2D eigenvalue weighted by atomic mass is 9.79. The zero-order valence-corrected chi connectivity index (χ0v) is 35.3. The fourth-order valence-corrected chi connectivity index (χ4v) is 8.38. The normalized spacial score (nSPS) is 20.6. The second-order valence-electron chi connectivity index (χ2n) is 16.1. The van der Waals surface area contributed by atoms with Crippen LogP contribution in [0, 0.1) is 0 Å². The van der Waals surface area contributed by atoms with Crippen LogP contribution in [0.15, 0.2) is 108 Å². The van der Waals surface area contributed by atoms with Crippen molar-refractivity contribution >= 4 is 40.5 Å². The molecule has 5 heterocycles. The number of piperazine rings is 1. The summed E-state index contributed by atoms with van der Waals surface area (Å²) in [5, 5.41) is 15.0. The minimum absolute atomic E-state index is 0.0150. The van der Waals surface area contributed by atoms with Gasteiger partial charge in [0.15, 0.2) is 5.60 Å². The highest BCUT2D eigenvalue weighted by atomic mass is 16.6. The molecule has 12 heteroatoms. The van der Waals surface area contributed by atoms with Crippen LogP contribution in [0.2, 0.25) is 0 Å². The third-order valence-electron chi connectivity index (χ3n) is 11.9. The SMILES string of the molecule is CC/C=C/C/C=C/C/C=C/C/C=C/CCCC(=O)Nc1ccc(CN2CCN(C(=O)Oc3ccc4nc5c(cc4c3)CN3C(=O)C4=C(CC53)[C@@](O)(CC)C(=O)OC4)CC2)cc1. The summed E-state index contributed by atoms with van der Waals surface area (Å²) >= 11 is 0. The number of anilines is 1. The van der Waals surface area contributed by atoms with Gasteiger partial charge >= 0.3 is 12.1 Å². The third-order valence-corrected chi connectivity index (χ3v) is 11.9. The highest BCUT2D eigenvalue weighted by Gasteiger charge is 2.52. The molecular weight excluding hydrogens is 771 g/mol. The van der Waals surface area contributed by atoms with Crippen molar-refractivity contribution in [2.45, 2.75) is 96.4 Å². The van der Waals surface area contributed by atoms with E-state index in [2.05, 4.69) is 65.7 Å². The summed E-state index contributed by atoms with van der Waals surface area (Å²) in [5.74, 6) is -0.538. The number of nitrogens with zero attached hydrogens (tertiary/aromatic N) is 4. The van der Waals surface area contributed by atoms with Crippen molar-refractivity contribution in [3.05, 3.63) is 125 Å². The molecule has 2 aromatic carbocycles. The quantitative estimate of drug-likeness (QED) is 0.0830. The Kier molecular flexibility index (Phi) is 14.3. The topological polar surface area (TPSA) is 142 Å². The number of carbonyl (C=O) groups is 4. The minimum Gasteiger partial charge on any atom is -0.458 e. The Morgan fingerprint density at radius 2 is 1.62 bits per heavy atom. The maximum Gasteiger partial charge on any atom is 0.415 e. The van der Waals surface area contributed by atoms with E-state index in [-0.39, 0.29) is 30.9 Å². The number of aliphatic hydroxyl groups is 1. The number of pyridine rings is 1. The van der Waals surface area contributed by atoms with Crippen LogP contribution < -0.4 is 10.1 Å². The lowest BCUT2D eigenvalue weighted by Gasteiger charge is -2.41. The second-order valence-corrected chi connectivity index (χ2v) is 16.1. The van der Waals surface area contributed by atoms with Crippen LogP contribution in [-0.2, 0) is 32.2 Å². The smallest absolute Gasteiger partial charge is 0.415 e. The molecule has 320 valence electrons. The average Bonchev–Trinajstić information content (AvgIpc) is 3.62. The van der Waals surface area contributed by atoms with Gasteiger partial charge in [0, 0.05) is 56.8 Å². The molecule has 3 amide bonds. The number of nitrogens with one attached hydrogen (secondary N) is 1. The number of esters is 1. The zero-order valence-electron chi connectivity index (χ0n) is 35.3. The molecule has 0 aliphatic carbocycles. The predicted octanol–water partition coefficient (Wildman–Crippen LogP) is 8.25. The molecule has 1 unspecified atom stereocenters. The van der Waals surface area contributed by atoms with Gasteiger partial charge in [0.1, 0.15) is 12.4 Å². The van der Waals surface area contributed by atoms with Crippen molar-refractivity contribution in [3.63, 3.8) is 0 Å². The van der Waals surface area contributed by atoms with Crippen LogP contribution in [0.4, 0.5) is 10.5 Å². The average molecular weight is 828 g/mol. The van der Waals surface area contributed by atoms with Crippen molar-refractivity contribution in [2.75, 3.05) is 38.1 Å². The lowest BCUT2D eigenvalue weighted by molar-refractivity contribution is -0.165. The fraction of sp³-hybridized carbons (Fsp3) is 0.408. The Bertz CT molecular complexity index is 2250. The van der Waals surface area contributed by atoms with Crippen molar-refractivity contribution in [3.8, 4) is 5.75 Å². The van der Waals surface area contributed by atoms with E-state index >= 15 is 0 Å². The second kappa shape index (κ2) is 20.1. The number of allylic oxidation sites excluding steroid dienone is 8. The Labute approximate surface area is 358 Å². The minimum atomic E-state index is -1.81. The van der Waals surface area contributed by atoms with Crippen LogP contribution in [-0.4, -0.2) is 87.1 Å². The highest BCUT2D eigenvalue weighted by molar-refractivity contribution is 6.01. The van der Waals surface area contributed by atoms with Crippen molar-refractivity contribution in [1.82, 2.24) is 19.7 Å². The Morgan fingerprint density at radius 3 is 2.33 bits per heavy atom. The van der Waals surface area contributed by atoms with Crippen LogP contribution in [0.25, 0.3) is 10.9 Å². The third kappa shape index (κ3) is 10.4.